The maximum atomic E-state index is 4.75. The highest BCUT2D eigenvalue weighted by atomic mass is 32.1. The maximum Gasteiger partial charge on any atom is 0.130 e. The van der Waals surface area contributed by atoms with E-state index < -0.39 is 0 Å². The molecule has 0 bridgehead atoms. The van der Waals surface area contributed by atoms with E-state index in [1.165, 1.54) is 0 Å². The minimum atomic E-state index is 0.581. The molecule has 0 atom stereocenters. The molecule has 0 unspecified atom stereocenters. The molecule has 0 rings (SSSR count). The van der Waals surface area contributed by atoms with Gasteiger partial charge in [-0.1, -0.05) is 26.1 Å². The Balaban J connectivity index is 3.28. The van der Waals surface area contributed by atoms with Crippen LogP contribution in [-0.4, -0.2) is 35.4 Å². The Morgan fingerprint density at radius 3 is 2.36 bits per heavy atom. The molecule has 0 aromatic rings. The Morgan fingerprint density at radius 1 is 1.45 bits per heavy atom. The van der Waals surface area contributed by atoms with E-state index in [-0.39, 0.29) is 0 Å². The number of thiocarbonyl (C=S) groups is 1. The molecule has 0 fully saturated rings. The van der Waals surface area contributed by atoms with Crippen molar-refractivity contribution in [3.05, 3.63) is 0 Å². The third-order valence-corrected chi connectivity index (χ3v) is 1.90. The first-order valence-corrected chi connectivity index (χ1v) is 4.75. The van der Waals surface area contributed by atoms with Gasteiger partial charge < -0.3 is 10.2 Å². The van der Waals surface area contributed by atoms with Crippen LogP contribution in [0.25, 0.3) is 0 Å². The fraction of sp³-hybridized carbons (Fsp3) is 0.857. The second-order valence-electron chi connectivity index (χ2n) is 2.26. The average Bonchev–Trinajstić information content (AvgIpc) is 1.98. The Labute approximate surface area is 79.8 Å². The SMILES string of the molecule is CCN(CC)CCNC(=S)S. The summed E-state index contributed by atoms with van der Waals surface area (Å²) in [5.74, 6) is 0. The number of nitrogens with one attached hydrogen (secondary N) is 1. The van der Waals surface area contributed by atoms with E-state index in [1.54, 1.807) is 0 Å². The first-order valence-electron chi connectivity index (χ1n) is 3.89. The van der Waals surface area contributed by atoms with Gasteiger partial charge in [-0.25, -0.2) is 0 Å². The molecule has 4 heteroatoms. The largest absolute Gasteiger partial charge is 0.370 e. The summed E-state index contributed by atoms with van der Waals surface area (Å²) in [6.45, 7) is 8.43. The Kier molecular flexibility index (Phi) is 7.01. The monoisotopic (exact) mass is 192 g/mol. The van der Waals surface area contributed by atoms with Gasteiger partial charge in [-0.2, -0.15) is 0 Å². The lowest BCUT2D eigenvalue weighted by Crippen LogP contribution is -2.32. The van der Waals surface area contributed by atoms with Crippen molar-refractivity contribution < 1.29 is 0 Å². The van der Waals surface area contributed by atoms with Crippen LogP contribution < -0.4 is 5.32 Å². The molecule has 0 aromatic carbocycles. The van der Waals surface area contributed by atoms with Crippen molar-refractivity contribution in [1.29, 1.82) is 0 Å². The molecule has 0 aliphatic heterocycles. The van der Waals surface area contributed by atoms with Crippen LogP contribution in [0.5, 0.6) is 0 Å². The summed E-state index contributed by atoms with van der Waals surface area (Å²) in [5, 5.41) is 3.00. The van der Waals surface area contributed by atoms with Crippen LogP contribution >= 0.6 is 24.8 Å². The molecule has 66 valence electrons. The van der Waals surface area contributed by atoms with Crippen molar-refractivity contribution in [2.24, 2.45) is 0 Å². The van der Waals surface area contributed by atoms with Gasteiger partial charge >= 0.3 is 0 Å². The first-order chi connectivity index (χ1) is 5.20. The van der Waals surface area contributed by atoms with E-state index in [1.807, 2.05) is 0 Å². The molecule has 1 N–H and O–H groups in total. The van der Waals surface area contributed by atoms with Crippen molar-refractivity contribution in [3.8, 4) is 0 Å². The van der Waals surface area contributed by atoms with E-state index in [9.17, 15) is 0 Å². The number of thiol groups is 1. The van der Waals surface area contributed by atoms with Crippen LogP contribution in [0.1, 0.15) is 13.8 Å². The molecular weight excluding hydrogens is 176 g/mol. The zero-order valence-corrected chi connectivity index (χ0v) is 8.84. The van der Waals surface area contributed by atoms with Gasteiger partial charge in [0.15, 0.2) is 0 Å². The highest BCUT2D eigenvalue weighted by molar-refractivity contribution is 8.11. The maximum absolute atomic E-state index is 4.75. The highest BCUT2D eigenvalue weighted by Crippen LogP contribution is 1.85. The predicted octanol–water partition coefficient (Wildman–Crippen LogP) is 1.13. The molecule has 11 heavy (non-hydrogen) atoms. The molecule has 0 radical (unpaired) electrons. The second-order valence-corrected chi connectivity index (χ2v) is 3.42. The van der Waals surface area contributed by atoms with Crippen molar-refractivity contribution in [2.75, 3.05) is 26.2 Å². The Morgan fingerprint density at radius 2 is 2.00 bits per heavy atom. The van der Waals surface area contributed by atoms with Crippen molar-refractivity contribution in [2.45, 2.75) is 13.8 Å². The predicted molar refractivity (Wildman–Crippen MR) is 57.4 cm³/mol. The summed E-state index contributed by atoms with van der Waals surface area (Å²) in [6, 6.07) is 0. The molecule has 0 spiro atoms. The summed E-state index contributed by atoms with van der Waals surface area (Å²) < 4.78 is 0.581. The number of likely N-dealkylation sites (N-methyl/N-ethyl adjacent to an activating group) is 1. The fourth-order valence-electron chi connectivity index (χ4n) is 0.861. The Bertz CT molecular complexity index is 113. The lowest BCUT2D eigenvalue weighted by Gasteiger charge is -2.17. The van der Waals surface area contributed by atoms with Gasteiger partial charge in [0.25, 0.3) is 0 Å². The van der Waals surface area contributed by atoms with Gasteiger partial charge in [0.2, 0.25) is 0 Å². The minimum absolute atomic E-state index is 0.581. The molecule has 2 nitrogen and oxygen atoms in total. The molecule has 0 amide bonds. The quantitative estimate of drug-likeness (QED) is 0.502. The summed E-state index contributed by atoms with van der Waals surface area (Å²) in [5.41, 5.74) is 0. The van der Waals surface area contributed by atoms with E-state index >= 15 is 0 Å². The van der Waals surface area contributed by atoms with Gasteiger partial charge in [-0.3, -0.25) is 0 Å². The minimum Gasteiger partial charge on any atom is -0.370 e. The Hall–Kier alpha value is 0.200. The van der Waals surface area contributed by atoms with E-state index in [0.29, 0.717) is 4.32 Å². The number of rotatable bonds is 5. The summed E-state index contributed by atoms with van der Waals surface area (Å²) >= 11 is 8.72. The molecule has 0 saturated carbocycles. The van der Waals surface area contributed by atoms with Crippen LogP contribution in [-0.2, 0) is 0 Å². The molecule has 0 heterocycles. The third kappa shape index (κ3) is 6.59. The summed E-state index contributed by atoms with van der Waals surface area (Å²) in [4.78, 5) is 2.33. The molecule has 0 saturated heterocycles. The van der Waals surface area contributed by atoms with Crippen LogP contribution in [0, 0.1) is 0 Å². The van der Waals surface area contributed by atoms with Crippen molar-refractivity contribution in [3.63, 3.8) is 0 Å². The van der Waals surface area contributed by atoms with Gasteiger partial charge in [0, 0.05) is 13.1 Å². The normalized spacial score (nSPS) is 10.2. The molecule has 0 aliphatic carbocycles. The first kappa shape index (κ1) is 11.2. The molecular formula is C7H16N2S2. The van der Waals surface area contributed by atoms with E-state index in [4.69, 9.17) is 12.2 Å². The van der Waals surface area contributed by atoms with Gasteiger partial charge in [-0.05, 0) is 13.1 Å². The molecule has 0 aliphatic rings. The standard InChI is InChI=1S/C7H16N2S2/c1-3-9(4-2)6-5-8-7(10)11/h3-6H2,1-2H3,(H2,8,10,11). The topological polar surface area (TPSA) is 15.3 Å². The third-order valence-electron chi connectivity index (χ3n) is 1.60. The van der Waals surface area contributed by atoms with E-state index in [0.717, 1.165) is 26.2 Å². The number of hydrogen-bond donors (Lipinski definition) is 2. The summed E-state index contributed by atoms with van der Waals surface area (Å²) in [6.07, 6.45) is 0. The van der Waals surface area contributed by atoms with E-state index in [2.05, 4.69) is 36.7 Å². The lowest BCUT2D eigenvalue weighted by atomic mass is 10.5. The summed E-state index contributed by atoms with van der Waals surface area (Å²) in [7, 11) is 0. The van der Waals surface area contributed by atoms with Gasteiger partial charge in [0.1, 0.15) is 4.32 Å². The zero-order valence-electron chi connectivity index (χ0n) is 7.13. The van der Waals surface area contributed by atoms with Gasteiger partial charge in [0.05, 0.1) is 0 Å². The lowest BCUT2D eigenvalue weighted by molar-refractivity contribution is 0.309. The van der Waals surface area contributed by atoms with Crippen molar-refractivity contribution in [1.82, 2.24) is 10.2 Å². The molecule has 0 aromatic heterocycles. The van der Waals surface area contributed by atoms with Crippen LogP contribution in [0.3, 0.4) is 0 Å². The highest BCUT2D eigenvalue weighted by Gasteiger charge is 1.96. The van der Waals surface area contributed by atoms with Crippen LogP contribution in [0.15, 0.2) is 0 Å². The van der Waals surface area contributed by atoms with Gasteiger partial charge in [-0.15, -0.1) is 12.6 Å². The van der Waals surface area contributed by atoms with Crippen LogP contribution in [0.4, 0.5) is 0 Å². The van der Waals surface area contributed by atoms with Crippen LogP contribution in [0.2, 0.25) is 0 Å². The van der Waals surface area contributed by atoms with Crippen molar-refractivity contribution >= 4 is 29.2 Å². The average molecular weight is 192 g/mol. The number of nitrogens with zero attached hydrogens (tertiary/aromatic N) is 1. The number of hydrogen-bond acceptors (Lipinski definition) is 2. The smallest absolute Gasteiger partial charge is 0.130 e. The fourth-order valence-corrected chi connectivity index (χ4v) is 1.07. The second kappa shape index (κ2) is 6.88. The zero-order chi connectivity index (χ0) is 8.69.